The molecule has 0 saturated carbocycles. The number of ketones is 1. The molecule has 0 radical (unpaired) electrons. The minimum absolute atomic E-state index is 0.0456. The molecular weight excluding hydrogens is 414 g/mol. The van der Waals surface area contributed by atoms with Crippen LogP contribution in [0.15, 0.2) is 49.1 Å². The average Bonchev–Trinajstić information content (AvgIpc) is 3.25. The SMILES string of the molecule is Cc1cc(C(=O)Cc2cc3cc(-c4cnn(C)c4)ncc3cn2)cc(N2CCN(C)CC2)n1. The highest BCUT2D eigenvalue weighted by Crippen LogP contribution is 2.23. The number of carbonyl (C=O) groups is 1. The van der Waals surface area contributed by atoms with Crippen LogP contribution in [0.1, 0.15) is 21.7 Å². The Morgan fingerprint density at radius 1 is 0.939 bits per heavy atom. The van der Waals surface area contributed by atoms with Crippen LogP contribution in [0, 0.1) is 6.92 Å². The zero-order valence-corrected chi connectivity index (χ0v) is 19.2. The van der Waals surface area contributed by atoms with Crippen molar-refractivity contribution in [2.75, 3.05) is 38.1 Å². The van der Waals surface area contributed by atoms with Gasteiger partial charge in [-0.05, 0) is 43.6 Å². The summed E-state index contributed by atoms with van der Waals surface area (Å²) < 4.78 is 1.75. The molecule has 4 aromatic rings. The molecule has 0 spiro atoms. The molecule has 0 aliphatic carbocycles. The van der Waals surface area contributed by atoms with Crippen molar-refractivity contribution < 1.29 is 4.79 Å². The molecule has 8 heteroatoms. The molecule has 0 bridgehead atoms. The molecule has 1 fully saturated rings. The fourth-order valence-electron chi connectivity index (χ4n) is 4.17. The monoisotopic (exact) mass is 441 g/mol. The van der Waals surface area contributed by atoms with Gasteiger partial charge in [-0.1, -0.05) is 0 Å². The third-order valence-electron chi connectivity index (χ3n) is 6.09. The van der Waals surface area contributed by atoms with Gasteiger partial charge in [-0.15, -0.1) is 0 Å². The van der Waals surface area contributed by atoms with E-state index in [1.165, 1.54) is 0 Å². The highest BCUT2D eigenvalue weighted by molar-refractivity contribution is 5.98. The molecule has 1 saturated heterocycles. The number of carbonyl (C=O) groups excluding carboxylic acids is 1. The van der Waals surface area contributed by atoms with E-state index in [-0.39, 0.29) is 12.2 Å². The molecule has 1 aliphatic rings. The number of Topliss-reactive ketones (excluding diaryl/α,β-unsaturated/α-hetero) is 1. The van der Waals surface area contributed by atoms with Crippen LogP contribution >= 0.6 is 0 Å². The zero-order chi connectivity index (χ0) is 22.9. The fraction of sp³-hybridized carbons (Fsp3) is 0.320. The fourth-order valence-corrected chi connectivity index (χ4v) is 4.17. The van der Waals surface area contributed by atoms with Gasteiger partial charge in [0.1, 0.15) is 5.82 Å². The summed E-state index contributed by atoms with van der Waals surface area (Å²) >= 11 is 0. The summed E-state index contributed by atoms with van der Waals surface area (Å²) in [4.78, 5) is 31.4. The summed E-state index contributed by atoms with van der Waals surface area (Å²) in [7, 11) is 4.01. The van der Waals surface area contributed by atoms with Gasteiger partial charge in [0.2, 0.25) is 0 Å². The number of fused-ring (bicyclic) bond motifs is 1. The van der Waals surface area contributed by atoms with Crippen molar-refractivity contribution in [2.24, 2.45) is 7.05 Å². The average molecular weight is 442 g/mol. The first-order valence-electron chi connectivity index (χ1n) is 11.1. The Morgan fingerprint density at radius 3 is 2.48 bits per heavy atom. The molecule has 5 rings (SSSR count). The molecule has 0 unspecified atom stereocenters. The number of hydrogen-bond acceptors (Lipinski definition) is 7. The van der Waals surface area contributed by atoms with Gasteiger partial charge >= 0.3 is 0 Å². The molecular formula is C25H27N7O. The lowest BCUT2D eigenvalue weighted by atomic mass is 10.0. The van der Waals surface area contributed by atoms with Crippen molar-refractivity contribution in [3.05, 3.63) is 66.0 Å². The first-order chi connectivity index (χ1) is 15.9. The van der Waals surface area contributed by atoms with Crippen LogP contribution < -0.4 is 4.90 Å². The Hall–Kier alpha value is -3.65. The maximum atomic E-state index is 13.2. The first-order valence-corrected chi connectivity index (χ1v) is 11.1. The highest BCUT2D eigenvalue weighted by atomic mass is 16.1. The zero-order valence-electron chi connectivity index (χ0n) is 19.2. The van der Waals surface area contributed by atoms with Crippen molar-refractivity contribution in [3.8, 4) is 11.3 Å². The maximum absolute atomic E-state index is 13.2. The van der Waals surface area contributed by atoms with Crippen LogP contribution in [0.25, 0.3) is 22.0 Å². The summed E-state index contributed by atoms with van der Waals surface area (Å²) in [6.07, 6.45) is 7.56. The third kappa shape index (κ3) is 4.61. The van der Waals surface area contributed by atoms with E-state index in [0.29, 0.717) is 5.56 Å². The van der Waals surface area contributed by atoms with Crippen molar-refractivity contribution in [1.29, 1.82) is 0 Å². The van der Waals surface area contributed by atoms with Crippen LogP contribution in [0.3, 0.4) is 0 Å². The summed E-state index contributed by atoms with van der Waals surface area (Å²) in [6, 6.07) is 7.79. The van der Waals surface area contributed by atoms with Crippen molar-refractivity contribution in [2.45, 2.75) is 13.3 Å². The van der Waals surface area contributed by atoms with Crippen molar-refractivity contribution >= 4 is 22.4 Å². The van der Waals surface area contributed by atoms with Crippen LogP contribution in [0.2, 0.25) is 0 Å². The Balaban J connectivity index is 1.38. The maximum Gasteiger partial charge on any atom is 0.169 e. The topological polar surface area (TPSA) is 80.0 Å². The second-order valence-corrected chi connectivity index (χ2v) is 8.74. The number of piperazine rings is 1. The van der Waals surface area contributed by atoms with E-state index in [0.717, 1.165) is 65.4 Å². The third-order valence-corrected chi connectivity index (χ3v) is 6.09. The summed E-state index contributed by atoms with van der Waals surface area (Å²) in [5.41, 5.74) is 4.09. The second kappa shape index (κ2) is 8.71. The Bertz CT molecular complexity index is 1320. The smallest absolute Gasteiger partial charge is 0.169 e. The number of pyridine rings is 3. The largest absolute Gasteiger partial charge is 0.354 e. The van der Waals surface area contributed by atoms with Gasteiger partial charge < -0.3 is 9.80 Å². The molecule has 168 valence electrons. The van der Waals surface area contributed by atoms with Gasteiger partial charge in [0, 0.05) is 79.7 Å². The number of rotatable bonds is 5. The van der Waals surface area contributed by atoms with Crippen LogP contribution in [0.4, 0.5) is 5.82 Å². The lowest BCUT2D eigenvalue weighted by Gasteiger charge is -2.33. The van der Waals surface area contributed by atoms with E-state index in [9.17, 15) is 4.79 Å². The van der Waals surface area contributed by atoms with Gasteiger partial charge in [0.25, 0.3) is 0 Å². The Morgan fingerprint density at radius 2 is 1.73 bits per heavy atom. The lowest BCUT2D eigenvalue weighted by molar-refractivity contribution is 0.0992. The summed E-state index contributed by atoms with van der Waals surface area (Å²) in [5, 5.41) is 6.17. The van der Waals surface area contributed by atoms with E-state index in [1.807, 2.05) is 50.6 Å². The summed E-state index contributed by atoms with van der Waals surface area (Å²) in [6.45, 7) is 5.77. The van der Waals surface area contributed by atoms with Gasteiger partial charge in [-0.2, -0.15) is 5.10 Å². The van der Waals surface area contributed by atoms with Gasteiger partial charge in [0.05, 0.1) is 18.3 Å². The Labute approximate surface area is 192 Å². The number of anilines is 1. The standard InChI is InChI=1S/C25H27N7O/c1-17-8-19(11-25(29-17)32-6-4-30(2)5-7-32)24(33)12-22-9-18-10-23(21-15-28-31(3)16-21)27-14-20(18)13-26-22/h8-11,13-16H,4-7,12H2,1-3H3. The van der Waals surface area contributed by atoms with Crippen LogP contribution in [-0.4, -0.2) is 68.6 Å². The predicted molar refractivity (Wildman–Crippen MR) is 128 cm³/mol. The van der Waals surface area contributed by atoms with E-state index in [1.54, 1.807) is 17.1 Å². The molecule has 4 aromatic heterocycles. The van der Waals surface area contributed by atoms with Gasteiger partial charge in [-0.3, -0.25) is 19.4 Å². The second-order valence-electron chi connectivity index (χ2n) is 8.74. The number of hydrogen-bond donors (Lipinski definition) is 0. The lowest BCUT2D eigenvalue weighted by Crippen LogP contribution is -2.44. The number of likely N-dealkylation sites (N-methyl/N-ethyl adjacent to an activating group) is 1. The predicted octanol–water partition coefficient (Wildman–Crippen LogP) is 2.91. The van der Waals surface area contributed by atoms with E-state index in [2.05, 4.69) is 36.9 Å². The number of nitrogens with zero attached hydrogens (tertiary/aromatic N) is 7. The normalized spacial score (nSPS) is 14.7. The number of aromatic nitrogens is 5. The Kier molecular flexibility index (Phi) is 5.60. The number of aryl methyl sites for hydroxylation is 2. The quantitative estimate of drug-likeness (QED) is 0.441. The van der Waals surface area contributed by atoms with Crippen LogP contribution in [-0.2, 0) is 13.5 Å². The minimum atomic E-state index is 0.0456. The van der Waals surface area contributed by atoms with E-state index < -0.39 is 0 Å². The van der Waals surface area contributed by atoms with E-state index in [4.69, 9.17) is 0 Å². The van der Waals surface area contributed by atoms with Gasteiger partial charge in [0.15, 0.2) is 5.78 Å². The van der Waals surface area contributed by atoms with Crippen LogP contribution in [0.5, 0.6) is 0 Å². The van der Waals surface area contributed by atoms with E-state index >= 15 is 0 Å². The molecule has 0 atom stereocenters. The highest BCUT2D eigenvalue weighted by Gasteiger charge is 2.18. The molecule has 0 N–H and O–H groups in total. The minimum Gasteiger partial charge on any atom is -0.354 e. The molecule has 0 amide bonds. The molecule has 8 nitrogen and oxygen atoms in total. The molecule has 33 heavy (non-hydrogen) atoms. The van der Waals surface area contributed by atoms with Crippen molar-refractivity contribution in [3.63, 3.8) is 0 Å². The first kappa shape index (κ1) is 21.2. The molecule has 1 aliphatic heterocycles. The van der Waals surface area contributed by atoms with Crippen molar-refractivity contribution in [1.82, 2.24) is 29.6 Å². The summed E-state index contributed by atoms with van der Waals surface area (Å²) in [5.74, 6) is 0.925. The van der Waals surface area contributed by atoms with Gasteiger partial charge in [-0.25, -0.2) is 4.98 Å². The molecule has 0 aromatic carbocycles. The molecule has 5 heterocycles.